The van der Waals surface area contributed by atoms with Gasteiger partial charge in [-0.3, -0.25) is 19.6 Å². The van der Waals surface area contributed by atoms with Gasteiger partial charge >= 0.3 is 6.18 Å². The van der Waals surface area contributed by atoms with Gasteiger partial charge in [0.05, 0.1) is 10.6 Å². The van der Waals surface area contributed by atoms with Crippen molar-refractivity contribution in [3.05, 3.63) is 82.6 Å². The van der Waals surface area contributed by atoms with E-state index in [0.717, 1.165) is 17.7 Å². The second kappa shape index (κ2) is 11.5. The Morgan fingerprint density at radius 3 is 2.68 bits per heavy atom. The van der Waals surface area contributed by atoms with Crippen molar-refractivity contribution in [2.24, 2.45) is 4.99 Å². The molecule has 0 saturated heterocycles. The molecule has 4 rings (SSSR count). The molecule has 2 heterocycles. The second-order valence-electron chi connectivity index (χ2n) is 8.36. The number of hydrogen-bond donors (Lipinski definition) is 3. The van der Waals surface area contributed by atoms with Crippen LogP contribution in [-0.4, -0.2) is 42.3 Å². The van der Waals surface area contributed by atoms with Crippen molar-refractivity contribution >= 4 is 34.9 Å². The number of nitrogens with zero attached hydrogens (tertiary/aromatic N) is 2. The van der Waals surface area contributed by atoms with Crippen LogP contribution in [0.5, 0.6) is 11.5 Å². The molecule has 1 aliphatic heterocycles. The van der Waals surface area contributed by atoms with Gasteiger partial charge in [0.1, 0.15) is 29.1 Å². The number of nitrogens with one attached hydrogen (secondary N) is 3. The lowest BCUT2D eigenvalue weighted by Crippen LogP contribution is -2.33. The lowest BCUT2D eigenvalue weighted by Gasteiger charge is -2.12. The average molecular weight is 546 g/mol. The summed E-state index contributed by atoms with van der Waals surface area (Å²) >= 11 is 5.62. The molecule has 3 N–H and O–H groups in total. The molecule has 2 aromatic carbocycles. The Balaban J connectivity index is 1.36. The monoisotopic (exact) mass is 545 g/mol. The van der Waals surface area contributed by atoms with Crippen LogP contribution in [-0.2, 0) is 22.2 Å². The normalized spacial score (nSPS) is 14.9. The Morgan fingerprint density at radius 1 is 1.13 bits per heavy atom. The molecule has 1 aliphatic rings. The number of amides is 2. The van der Waals surface area contributed by atoms with E-state index >= 15 is 0 Å². The van der Waals surface area contributed by atoms with E-state index in [1.807, 2.05) is 6.07 Å². The number of carbonyl (C=O) groups is 2. The molecule has 38 heavy (non-hydrogen) atoms. The van der Waals surface area contributed by atoms with Crippen LogP contribution in [0.2, 0.25) is 5.02 Å². The van der Waals surface area contributed by atoms with Crippen LogP contribution in [0.15, 0.2) is 65.8 Å². The maximum atomic E-state index is 13.1. The highest BCUT2D eigenvalue weighted by Crippen LogP contribution is 2.36. The quantitative estimate of drug-likeness (QED) is 0.384. The lowest BCUT2D eigenvalue weighted by molar-refractivity contribution is -0.137. The number of amidine groups is 1. The van der Waals surface area contributed by atoms with Gasteiger partial charge < -0.3 is 20.7 Å². The molecule has 0 radical (unpaired) electrons. The molecule has 8 nitrogen and oxygen atoms in total. The third kappa shape index (κ3) is 6.80. The number of likely N-dealkylation sites (N-methyl/N-ethyl adjacent to an activating group) is 1. The standard InChI is InChI=1S/C26H23ClF3N5O3/c1-31-25(37)22-14-33-24(35-22)21-13-18(9-10-32-21)38-17-4-2-3-15(11-17)5-8-23(36)34-16-6-7-20(27)19(12-16)26(28,29)30/h2-4,6-7,9-13,22H,5,8,14H2,1H3,(H,31,37)(H,33,35)(H,34,36). The van der Waals surface area contributed by atoms with Crippen LogP contribution < -0.4 is 20.7 Å². The number of benzene rings is 2. The van der Waals surface area contributed by atoms with Crippen LogP contribution in [0.25, 0.3) is 0 Å². The van der Waals surface area contributed by atoms with Crippen LogP contribution >= 0.6 is 11.6 Å². The summed E-state index contributed by atoms with van der Waals surface area (Å²) in [6.45, 7) is 0.374. The molecule has 1 unspecified atom stereocenters. The molecule has 0 saturated carbocycles. The minimum Gasteiger partial charge on any atom is -0.457 e. The SMILES string of the molecule is CNC(=O)C1CNC(c2cc(Oc3cccc(CCC(=O)Nc4ccc(Cl)c(C(F)(F)F)c4)c3)ccn2)=N1. The van der Waals surface area contributed by atoms with Crippen molar-refractivity contribution in [1.82, 2.24) is 15.6 Å². The van der Waals surface area contributed by atoms with E-state index < -0.39 is 28.7 Å². The van der Waals surface area contributed by atoms with Gasteiger partial charge in [0.2, 0.25) is 11.8 Å². The summed E-state index contributed by atoms with van der Waals surface area (Å²) < 4.78 is 45.1. The van der Waals surface area contributed by atoms with E-state index in [1.54, 1.807) is 43.6 Å². The third-order valence-electron chi connectivity index (χ3n) is 5.60. The van der Waals surface area contributed by atoms with E-state index in [9.17, 15) is 22.8 Å². The lowest BCUT2D eigenvalue weighted by atomic mass is 10.1. The zero-order chi connectivity index (χ0) is 27.3. The van der Waals surface area contributed by atoms with Crippen molar-refractivity contribution in [2.75, 3.05) is 18.9 Å². The summed E-state index contributed by atoms with van der Waals surface area (Å²) in [6.07, 6.45) is -2.67. The largest absolute Gasteiger partial charge is 0.457 e. The molecule has 3 aromatic rings. The number of alkyl halides is 3. The van der Waals surface area contributed by atoms with E-state index in [2.05, 4.69) is 25.9 Å². The predicted molar refractivity (Wildman–Crippen MR) is 137 cm³/mol. The Hall–Kier alpha value is -4.12. The Labute approximate surface area is 221 Å². The number of rotatable bonds is 8. The van der Waals surface area contributed by atoms with E-state index in [0.29, 0.717) is 36.0 Å². The first-order valence-corrected chi connectivity index (χ1v) is 11.9. The zero-order valence-electron chi connectivity index (χ0n) is 20.1. The molecule has 0 fully saturated rings. The molecule has 1 atom stereocenters. The molecule has 0 aliphatic carbocycles. The summed E-state index contributed by atoms with van der Waals surface area (Å²) in [5.41, 5.74) is 0.329. The summed E-state index contributed by atoms with van der Waals surface area (Å²) in [7, 11) is 1.55. The number of pyridine rings is 1. The van der Waals surface area contributed by atoms with E-state index in [-0.39, 0.29) is 18.0 Å². The first-order chi connectivity index (χ1) is 18.1. The maximum absolute atomic E-state index is 13.1. The van der Waals surface area contributed by atoms with Crippen LogP contribution in [0.1, 0.15) is 23.2 Å². The number of ether oxygens (including phenoxy) is 1. The van der Waals surface area contributed by atoms with Crippen molar-refractivity contribution in [2.45, 2.75) is 25.1 Å². The Morgan fingerprint density at radius 2 is 1.92 bits per heavy atom. The van der Waals surface area contributed by atoms with Gasteiger partial charge in [-0.1, -0.05) is 23.7 Å². The number of hydrogen-bond acceptors (Lipinski definition) is 6. The van der Waals surface area contributed by atoms with E-state index in [1.165, 1.54) is 6.07 Å². The highest BCUT2D eigenvalue weighted by Gasteiger charge is 2.33. The number of aliphatic imine (C=N–C) groups is 1. The van der Waals surface area contributed by atoms with Crippen LogP contribution in [0, 0.1) is 0 Å². The molecule has 0 bridgehead atoms. The smallest absolute Gasteiger partial charge is 0.417 e. The van der Waals surface area contributed by atoms with Gasteiger partial charge in [-0.2, -0.15) is 13.2 Å². The molecular weight excluding hydrogens is 523 g/mol. The first-order valence-electron chi connectivity index (χ1n) is 11.6. The van der Waals surface area contributed by atoms with Crippen molar-refractivity contribution in [3.63, 3.8) is 0 Å². The minimum absolute atomic E-state index is 0.0142. The molecular formula is C26H23ClF3N5O3. The fourth-order valence-corrected chi connectivity index (χ4v) is 3.95. The molecule has 1 aromatic heterocycles. The first kappa shape index (κ1) is 26.9. The summed E-state index contributed by atoms with van der Waals surface area (Å²) in [5.74, 6) is 0.889. The average Bonchev–Trinajstić information content (AvgIpc) is 3.38. The van der Waals surface area contributed by atoms with Gasteiger partial charge in [-0.15, -0.1) is 0 Å². The number of carbonyl (C=O) groups excluding carboxylic acids is 2. The molecule has 2 amide bonds. The van der Waals surface area contributed by atoms with Crippen LogP contribution in [0.4, 0.5) is 18.9 Å². The predicted octanol–water partition coefficient (Wildman–Crippen LogP) is 4.58. The topological polar surface area (TPSA) is 105 Å². The fourth-order valence-electron chi connectivity index (χ4n) is 3.72. The zero-order valence-corrected chi connectivity index (χ0v) is 20.9. The summed E-state index contributed by atoms with van der Waals surface area (Å²) in [4.78, 5) is 32.8. The minimum atomic E-state index is -4.62. The van der Waals surface area contributed by atoms with Crippen molar-refractivity contribution in [1.29, 1.82) is 0 Å². The molecule has 0 spiro atoms. The number of aryl methyl sites for hydroxylation is 1. The van der Waals surface area contributed by atoms with E-state index in [4.69, 9.17) is 16.3 Å². The Kier molecular flexibility index (Phi) is 8.16. The highest BCUT2D eigenvalue weighted by molar-refractivity contribution is 6.31. The van der Waals surface area contributed by atoms with Gasteiger partial charge in [0.25, 0.3) is 0 Å². The third-order valence-corrected chi connectivity index (χ3v) is 5.93. The van der Waals surface area contributed by atoms with Gasteiger partial charge in [-0.05, 0) is 48.4 Å². The maximum Gasteiger partial charge on any atom is 0.417 e. The highest BCUT2D eigenvalue weighted by atomic mass is 35.5. The molecule has 12 heteroatoms. The Bertz CT molecular complexity index is 1380. The summed E-state index contributed by atoms with van der Waals surface area (Å²) in [5, 5.41) is 7.67. The summed E-state index contributed by atoms with van der Waals surface area (Å²) in [6, 6.07) is 13.2. The van der Waals surface area contributed by atoms with Crippen LogP contribution in [0.3, 0.4) is 0 Å². The van der Waals surface area contributed by atoms with Crippen molar-refractivity contribution in [3.8, 4) is 11.5 Å². The van der Waals surface area contributed by atoms with Gasteiger partial charge in [0.15, 0.2) is 0 Å². The van der Waals surface area contributed by atoms with Gasteiger partial charge in [-0.25, -0.2) is 0 Å². The second-order valence-corrected chi connectivity index (χ2v) is 8.76. The van der Waals surface area contributed by atoms with Gasteiger partial charge in [0, 0.05) is 38.0 Å². The molecule has 198 valence electrons. The number of anilines is 1. The fraction of sp³-hybridized carbons (Fsp3) is 0.231. The van der Waals surface area contributed by atoms with Crippen molar-refractivity contribution < 1.29 is 27.5 Å². The number of aromatic nitrogens is 1. The number of halogens is 4.